The zero-order valence-corrected chi connectivity index (χ0v) is 23.7. The van der Waals surface area contributed by atoms with Crippen molar-refractivity contribution >= 4 is 46.9 Å². The molecule has 1 aliphatic rings. The molecule has 0 aromatic heterocycles. The van der Waals surface area contributed by atoms with Crippen LogP contribution in [0.5, 0.6) is 0 Å². The Labute approximate surface area is 234 Å². The molecule has 1 heterocycles. The summed E-state index contributed by atoms with van der Waals surface area (Å²) in [6.07, 6.45) is 5.07. The van der Waals surface area contributed by atoms with Gasteiger partial charge in [-0.2, -0.15) is 0 Å². The number of allylic oxidation sites excluding steroid dienone is 1. The number of Topliss-reactive ketones (excluding diaryl/α,β-unsaturated/α-hetero) is 1. The van der Waals surface area contributed by atoms with Gasteiger partial charge in [0.1, 0.15) is 4.84 Å². The number of hydrogen-bond donors (Lipinski definition) is 4. The van der Waals surface area contributed by atoms with Crippen molar-refractivity contribution in [1.82, 2.24) is 10.9 Å². The van der Waals surface area contributed by atoms with Crippen molar-refractivity contribution in [2.75, 3.05) is 6.61 Å². The van der Waals surface area contributed by atoms with Gasteiger partial charge >= 0.3 is 0 Å². The number of alkyl halides is 2. The van der Waals surface area contributed by atoms with Crippen LogP contribution in [0.4, 0.5) is 0 Å². The predicted molar refractivity (Wildman–Crippen MR) is 148 cm³/mol. The van der Waals surface area contributed by atoms with Gasteiger partial charge in [-0.05, 0) is 44.1 Å². The van der Waals surface area contributed by atoms with E-state index in [2.05, 4.69) is 10.9 Å². The largest absolute Gasteiger partial charge is 0.350 e. The van der Waals surface area contributed by atoms with E-state index in [0.717, 1.165) is 18.4 Å². The molecule has 1 fully saturated rings. The minimum Gasteiger partial charge on any atom is -0.350 e. The number of carbonyl (C=O) groups excluding carboxylic acids is 3. The van der Waals surface area contributed by atoms with Crippen molar-refractivity contribution < 1.29 is 24.0 Å². The maximum Gasteiger partial charge on any atom is 0.248 e. The van der Waals surface area contributed by atoms with Crippen LogP contribution in [0, 0.1) is 23.2 Å². The predicted octanol–water partition coefficient (Wildman–Crippen LogP) is 3.64. The summed E-state index contributed by atoms with van der Waals surface area (Å²) in [4.78, 5) is 45.6. The number of hydrogen-bond acceptors (Lipinski definition) is 7. The first-order chi connectivity index (χ1) is 18.0. The van der Waals surface area contributed by atoms with Gasteiger partial charge in [-0.1, -0.05) is 56.3 Å². The lowest BCUT2D eigenvalue weighted by molar-refractivity contribution is -0.204. The first kappa shape index (κ1) is 32.2. The fourth-order valence-corrected chi connectivity index (χ4v) is 5.41. The minimum absolute atomic E-state index is 0.0285. The number of nitrogens with two attached hydrogens (primary N) is 2. The number of nitrogens with one attached hydrogen (secondary N) is 2. The topological polar surface area (TPSA) is 146 Å². The average Bonchev–Trinajstić information content (AvgIpc) is 2.89. The summed E-state index contributed by atoms with van der Waals surface area (Å²) in [5.41, 5.74) is 9.84. The van der Waals surface area contributed by atoms with E-state index in [0.29, 0.717) is 13.0 Å². The van der Waals surface area contributed by atoms with Crippen molar-refractivity contribution in [1.29, 1.82) is 0 Å². The third-order valence-electron chi connectivity index (χ3n) is 6.61. The highest BCUT2D eigenvalue weighted by atomic mass is 35.5. The Bertz CT molecular complexity index is 939. The Balaban J connectivity index is 2.70. The molecule has 2 unspecified atom stereocenters. The van der Waals surface area contributed by atoms with Crippen LogP contribution in [0.2, 0.25) is 0 Å². The summed E-state index contributed by atoms with van der Waals surface area (Å²) in [6.45, 7) is 5.83. The van der Waals surface area contributed by atoms with Crippen molar-refractivity contribution in [3.63, 3.8) is 0 Å². The fourth-order valence-electron chi connectivity index (χ4n) is 4.90. The van der Waals surface area contributed by atoms with E-state index in [1.54, 1.807) is 12.2 Å². The Morgan fingerprint density at radius 2 is 1.84 bits per heavy atom. The van der Waals surface area contributed by atoms with E-state index >= 15 is 0 Å². The number of amides is 2. The zero-order chi connectivity index (χ0) is 28.3. The molecule has 1 saturated heterocycles. The number of hydrazine groups is 1. The highest BCUT2D eigenvalue weighted by molar-refractivity contribution is 6.44. The molecule has 0 saturated carbocycles. The van der Waals surface area contributed by atoms with Crippen molar-refractivity contribution in [3.05, 3.63) is 42.0 Å². The Morgan fingerprint density at radius 1 is 1.16 bits per heavy atom. The van der Waals surface area contributed by atoms with E-state index in [9.17, 15) is 14.4 Å². The second-order valence-electron chi connectivity index (χ2n) is 10.1. The lowest BCUT2D eigenvalue weighted by Crippen LogP contribution is -2.57. The van der Waals surface area contributed by atoms with Crippen LogP contribution in [0.3, 0.4) is 0 Å². The molecule has 0 spiro atoms. The normalized spacial score (nSPS) is 20.1. The number of benzene rings is 1. The van der Waals surface area contributed by atoms with Crippen molar-refractivity contribution in [3.8, 4) is 0 Å². The van der Waals surface area contributed by atoms with Gasteiger partial charge < -0.3 is 10.5 Å². The van der Waals surface area contributed by atoms with Gasteiger partial charge in [0.25, 0.3) is 0 Å². The molecule has 0 aliphatic carbocycles. The van der Waals surface area contributed by atoms with Crippen LogP contribution >= 0.6 is 23.2 Å². The molecule has 0 radical (unpaired) electrons. The molecule has 11 heteroatoms. The highest BCUT2D eigenvalue weighted by Crippen LogP contribution is 2.45. The van der Waals surface area contributed by atoms with Gasteiger partial charge in [0.05, 0.1) is 23.3 Å². The first-order valence-corrected chi connectivity index (χ1v) is 13.8. The van der Waals surface area contributed by atoms with Crippen LogP contribution in [0.25, 0.3) is 6.08 Å². The van der Waals surface area contributed by atoms with Gasteiger partial charge in [0, 0.05) is 13.0 Å². The lowest BCUT2D eigenvalue weighted by Gasteiger charge is -2.41. The van der Waals surface area contributed by atoms with E-state index in [1.165, 1.54) is 6.92 Å². The second kappa shape index (κ2) is 15.5. The number of hydroxylamine groups is 1. The molecule has 6 N–H and O–H groups in total. The molecular weight excluding hydrogens is 531 g/mol. The highest BCUT2D eigenvalue weighted by Gasteiger charge is 2.54. The van der Waals surface area contributed by atoms with Gasteiger partial charge in [0.15, 0.2) is 12.1 Å². The van der Waals surface area contributed by atoms with Crippen LogP contribution in [0.1, 0.15) is 58.4 Å². The maximum atomic E-state index is 14.0. The molecular formula is C27H40Cl2N4O5. The van der Waals surface area contributed by atoms with Crippen molar-refractivity contribution in [2.24, 2.45) is 34.7 Å². The number of carbonyl (C=O) groups is 3. The Morgan fingerprint density at radius 3 is 2.37 bits per heavy atom. The van der Waals surface area contributed by atoms with Crippen LogP contribution in [-0.2, 0) is 24.0 Å². The van der Waals surface area contributed by atoms with Crippen molar-refractivity contribution in [2.45, 2.75) is 70.0 Å². The Hall–Kier alpha value is -2.01. The number of rotatable bonds is 14. The molecule has 9 nitrogen and oxygen atoms in total. The molecule has 5 atom stereocenters. The maximum absolute atomic E-state index is 14.0. The minimum atomic E-state index is -1.68. The molecule has 1 aromatic carbocycles. The summed E-state index contributed by atoms with van der Waals surface area (Å²) in [5, 5.41) is 0. The molecule has 212 valence electrons. The SMILES string of the molecule is CC(C)C[C@@H](C(=O)NN)[C@H](C(=O)NOC1CCCCO1)C(/C=C/c1ccccc1)(CC(Cl)Cl)C(=O)[C@@H](C)N. The number of ketones is 1. The fraction of sp³-hybridized carbons (Fsp3) is 0.593. The average molecular weight is 572 g/mol. The van der Waals surface area contributed by atoms with Gasteiger partial charge in [-0.15, -0.1) is 23.2 Å². The van der Waals surface area contributed by atoms with E-state index in [4.69, 9.17) is 44.4 Å². The van der Waals surface area contributed by atoms with E-state index in [1.807, 2.05) is 44.2 Å². The third kappa shape index (κ3) is 9.03. The van der Waals surface area contributed by atoms with E-state index in [-0.39, 0.29) is 18.8 Å². The summed E-state index contributed by atoms with van der Waals surface area (Å²) in [5.74, 6) is 1.38. The Kier molecular flexibility index (Phi) is 13.2. The van der Waals surface area contributed by atoms with Crippen LogP contribution in [0.15, 0.2) is 36.4 Å². The quantitative estimate of drug-likeness (QED) is 0.115. The summed E-state index contributed by atoms with van der Waals surface area (Å²) >= 11 is 12.6. The standard InChI is InChI=1S/C27H40Cl2N4O5/c1-17(2)15-20(25(35)32-31)23(26(36)33-38-22-11-7-8-14-37-22)27(16-21(28)29,24(34)18(3)30)13-12-19-9-5-4-6-10-19/h4-6,9-10,12-13,17-18,20-23H,7-8,11,14-16,30-31H2,1-3H3,(H,32,35)(H,33,36)/b13-12+/t18-,20-,22?,23-,27?/m1/s1. The van der Waals surface area contributed by atoms with E-state index < -0.39 is 52.0 Å². The number of halogens is 2. The molecule has 1 aliphatic heterocycles. The third-order valence-corrected chi connectivity index (χ3v) is 6.92. The second-order valence-corrected chi connectivity index (χ2v) is 11.4. The summed E-state index contributed by atoms with van der Waals surface area (Å²) in [7, 11) is 0. The van der Waals surface area contributed by atoms with Gasteiger partial charge in [-0.25, -0.2) is 16.2 Å². The molecule has 0 bridgehead atoms. The number of ether oxygens (including phenoxy) is 1. The summed E-state index contributed by atoms with van der Waals surface area (Å²) < 4.78 is 5.56. The van der Waals surface area contributed by atoms with Gasteiger partial charge in [-0.3, -0.25) is 19.8 Å². The molecule has 2 rings (SSSR count). The summed E-state index contributed by atoms with van der Waals surface area (Å²) in [6, 6.07) is 8.22. The lowest BCUT2D eigenvalue weighted by atomic mass is 9.61. The van der Waals surface area contributed by atoms with Crippen LogP contribution in [-0.4, -0.2) is 41.4 Å². The zero-order valence-electron chi connectivity index (χ0n) is 22.2. The van der Waals surface area contributed by atoms with Gasteiger partial charge in [0.2, 0.25) is 11.8 Å². The molecule has 2 amide bonds. The monoisotopic (exact) mass is 570 g/mol. The van der Waals surface area contributed by atoms with Crippen LogP contribution < -0.4 is 22.5 Å². The molecule has 38 heavy (non-hydrogen) atoms. The first-order valence-electron chi connectivity index (χ1n) is 12.9. The molecule has 1 aromatic rings. The smallest absolute Gasteiger partial charge is 0.248 e.